The van der Waals surface area contributed by atoms with Crippen LogP contribution in [-0.4, -0.2) is 46.6 Å². The number of methoxy groups -OCH3 is 1. The summed E-state index contributed by atoms with van der Waals surface area (Å²) in [6, 6.07) is 14.1. The summed E-state index contributed by atoms with van der Waals surface area (Å²) < 4.78 is 8.53. The molecule has 1 saturated heterocycles. The highest BCUT2D eigenvalue weighted by Crippen LogP contribution is 2.25. The third-order valence-corrected chi connectivity index (χ3v) is 6.12. The number of piperidine rings is 1. The summed E-state index contributed by atoms with van der Waals surface area (Å²) in [6.07, 6.45) is 5.74. The van der Waals surface area contributed by atoms with Crippen molar-refractivity contribution in [2.75, 3.05) is 20.2 Å². The van der Waals surface area contributed by atoms with Crippen LogP contribution >= 0.6 is 15.9 Å². The molecule has 2 heterocycles. The van der Waals surface area contributed by atoms with Crippen molar-refractivity contribution in [2.45, 2.75) is 32.4 Å². The van der Waals surface area contributed by atoms with Gasteiger partial charge in [0.15, 0.2) is 0 Å². The predicted octanol–water partition coefficient (Wildman–Crippen LogP) is 4.35. The van der Waals surface area contributed by atoms with E-state index in [1.807, 2.05) is 29.8 Å². The first-order valence-corrected chi connectivity index (χ1v) is 11.3. The first-order chi connectivity index (χ1) is 15.0. The summed E-state index contributed by atoms with van der Waals surface area (Å²) in [5, 5.41) is 3.21. The minimum Gasteiger partial charge on any atom is -0.495 e. The van der Waals surface area contributed by atoms with Crippen LogP contribution in [0.4, 0.5) is 0 Å². The number of amides is 1. The molecule has 1 fully saturated rings. The Balaban J connectivity index is 1.40. The summed E-state index contributed by atoms with van der Waals surface area (Å²) >= 11 is 3.48. The second-order valence-corrected chi connectivity index (χ2v) is 8.90. The molecule has 1 aliphatic rings. The molecule has 0 spiro atoms. The number of aromatic nitrogens is 2. The van der Waals surface area contributed by atoms with Crippen LogP contribution in [0.1, 0.15) is 34.5 Å². The van der Waals surface area contributed by atoms with Gasteiger partial charge in [-0.3, -0.25) is 9.69 Å². The molecule has 2 aromatic carbocycles. The van der Waals surface area contributed by atoms with Crippen molar-refractivity contribution in [2.24, 2.45) is 0 Å². The number of hydrogen-bond donors (Lipinski definition) is 1. The van der Waals surface area contributed by atoms with Crippen molar-refractivity contribution in [1.82, 2.24) is 19.8 Å². The van der Waals surface area contributed by atoms with Gasteiger partial charge in [0.2, 0.25) is 0 Å². The van der Waals surface area contributed by atoms with E-state index in [9.17, 15) is 4.79 Å². The fraction of sp³-hybridized carbons (Fsp3) is 0.333. The zero-order chi connectivity index (χ0) is 21.8. The number of likely N-dealkylation sites (tertiary alicyclic amines) is 1. The highest BCUT2D eigenvalue weighted by molar-refractivity contribution is 9.10. The van der Waals surface area contributed by atoms with Gasteiger partial charge < -0.3 is 14.6 Å². The van der Waals surface area contributed by atoms with E-state index < -0.39 is 0 Å². The van der Waals surface area contributed by atoms with Gasteiger partial charge in [0.1, 0.15) is 5.75 Å². The molecule has 7 heteroatoms. The number of ether oxygens (including phenoxy) is 1. The summed E-state index contributed by atoms with van der Waals surface area (Å²) in [5.41, 5.74) is 3.67. The summed E-state index contributed by atoms with van der Waals surface area (Å²) in [7, 11) is 1.62. The molecule has 31 heavy (non-hydrogen) atoms. The number of nitrogens with zero attached hydrogens (tertiary/aromatic N) is 3. The average Bonchev–Trinajstić information content (AvgIpc) is 3.21. The van der Waals surface area contributed by atoms with Crippen molar-refractivity contribution >= 4 is 21.8 Å². The van der Waals surface area contributed by atoms with Crippen molar-refractivity contribution in [3.63, 3.8) is 0 Å². The number of hydrogen-bond acceptors (Lipinski definition) is 4. The molecular formula is C24H27BrN4O2. The average molecular weight is 483 g/mol. The minimum absolute atomic E-state index is 0.0675. The van der Waals surface area contributed by atoms with Crippen molar-refractivity contribution in [3.05, 3.63) is 76.3 Å². The molecule has 4 rings (SSSR count). The SMILES string of the molecule is COc1cc(C(=O)N[C@@H]2CCCN(Cc3ccc(Br)cc3)C2)ccc1-n1cnc(C)c1. The van der Waals surface area contributed by atoms with Crippen molar-refractivity contribution < 1.29 is 9.53 Å². The van der Waals surface area contributed by atoms with Gasteiger partial charge in [-0.15, -0.1) is 0 Å². The van der Waals surface area contributed by atoms with Gasteiger partial charge in [0.05, 0.1) is 24.8 Å². The van der Waals surface area contributed by atoms with Crippen LogP contribution in [0.25, 0.3) is 5.69 Å². The fourth-order valence-corrected chi connectivity index (χ4v) is 4.28. The van der Waals surface area contributed by atoms with Gasteiger partial charge in [0.25, 0.3) is 5.91 Å². The lowest BCUT2D eigenvalue weighted by Crippen LogP contribution is -2.47. The van der Waals surface area contributed by atoms with Crippen molar-refractivity contribution in [1.29, 1.82) is 0 Å². The molecule has 0 unspecified atom stereocenters. The number of aryl methyl sites for hydroxylation is 1. The number of halogens is 1. The summed E-state index contributed by atoms with van der Waals surface area (Å²) in [4.78, 5) is 19.6. The van der Waals surface area contributed by atoms with Gasteiger partial charge in [-0.05, 0) is 62.2 Å². The standard InChI is InChI=1S/C24H27BrN4O2/c1-17-13-29(16-26-17)22-10-7-19(12-23(22)31-2)24(30)27-21-4-3-11-28(15-21)14-18-5-8-20(25)9-6-18/h5-10,12-13,16,21H,3-4,11,14-15H2,1-2H3,(H,27,30)/t21-/m1/s1. The monoisotopic (exact) mass is 482 g/mol. The Hall–Kier alpha value is -2.64. The van der Waals surface area contributed by atoms with E-state index in [1.165, 1.54) is 5.56 Å². The predicted molar refractivity (Wildman–Crippen MR) is 125 cm³/mol. The van der Waals surface area contributed by atoms with Gasteiger partial charge in [-0.25, -0.2) is 4.98 Å². The van der Waals surface area contributed by atoms with Crippen LogP contribution in [0.5, 0.6) is 5.75 Å². The lowest BCUT2D eigenvalue weighted by molar-refractivity contribution is 0.0900. The number of imidazole rings is 1. The lowest BCUT2D eigenvalue weighted by atomic mass is 10.0. The van der Waals surface area contributed by atoms with Gasteiger partial charge in [-0.2, -0.15) is 0 Å². The molecule has 0 bridgehead atoms. The maximum Gasteiger partial charge on any atom is 0.251 e. The third kappa shape index (κ3) is 5.35. The highest BCUT2D eigenvalue weighted by Gasteiger charge is 2.22. The number of rotatable bonds is 6. The molecule has 1 aliphatic heterocycles. The molecule has 0 radical (unpaired) electrons. The second-order valence-electron chi connectivity index (χ2n) is 7.98. The van der Waals surface area contributed by atoms with Crippen LogP contribution in [0.3, 0.4) is 0 Å². The van der Waals surface area contributed by atoms with Crippen LogP contribution in [-0.2, 0) is 6.54 Å². The van der Waals surface area contributed by atoms with Crippen LogP contribution in [0.15, 0.2) is 59.5 Å². The smallest absolute Gasteiger partial charge is 0.251 e. The van der Waals surface area contributed by atoms with Crippen LogP contribution in [0.2, 0.25) is 0 Å². The van der Waals surface area contributed by atoms with E-state index in [0.29, 0.717) is 11.3 Å². The minimum atomic E-state index is -0.0675. The second kappa shape index (κ2) is 9.66. The molecule has 0 saturated carbocycles. The first-order valence-electron chi connectivity index (χ1n) is 10.5. The Morgan fingerprint density at radius 1 is 1.26 bits per heavy atom. The first kappa shape index (κ1) is 21.6. The number of benzene rings is 2. The zero-order valence-corrected chi connectivity index (χ0v) is 19.4. The third-order valence-electron chi connectivity index (χ3n) is 5.59. The van der Waals surface area contributed by atoms with E-state index in [0.717, 1.165) is 48.3 Å². The molecular weight excluding hydrogens is 456 g/mol. The van der Waals surface area contributed by atoms with E-state index in [4.69, 9.17) is 4.74 Å². The maximum atomic E-state index is 12.9. The molecule has 1 aromatic heterocycles. The summed E-state index contributed by atoms with van der Waals surface area (Å²) in [5.74, 6) is 0.577. The Morgan fingerprint density at radius 2 is 2.06 bits per heavy atom. The number of nitrogens with one attached hydrogen (secondary N) is 1. The molecule has 6 nitrogen and oxygen atoms in total. The quantitative estimate of drug-likeness (QED) is 0.567. The summed E-state index contributed by atoms with van der Waals surface area (Å²) in [6.45, 7) is 4.74. The Bertz CT molecular complexity index is 1050. The van der Waals surface area contributed by atoms with Crippen LogP contribution < -0.4 is 10.1 Å². The Morgan fingerprint density at radius 3 is 2.77 bits per heavy atom. The molecule has 1 atom stereocenters. The molecule has 1 amide bonds. The zero-order valence-electron chi connectivity index (χ0n) is 17.8. The fourth-order valence-electron chi connectivity index (χ4n) is 4.02. The molecule has 162 valence electrons. The van der Waals surface area contributed by atoms with Crippen molar-refractivity contribution in [3.8, 4) is 11.4 Å². The van der Waals surface area contributed by atoms with E-state index >= 15 is 0 Å². The normalized spacial score (nSPS) is 16.8. The van der Waals surface area contributed by atoms with E-state index in [1.54, 1.807) is 19.5 Å². The topological polar surface area (TPSA) is 59.4 Å². The largest absolute Gasteiger partial charge is 0.495 e. The van der Waals surface area contributed by atoms with E-state index in [2.05, 4.69) is 55.4 Å². The van der Waals surface area contributed by atoms with Gasteiger partial charge >= 0.3 is 0 Å². The van der Waals surface area contributed by atoms with E-state index in [-0.39, 0.29) is 11.9 Å². The Labute approximate surface area is 191 Å². The van der Waals surface area contributed by atoms with Gasteiger partial charge in [0, 0.05) is 35.4 Å². The van der Waals surface area contributed by atoms with Gasteiger partial charge in [-0.1, -0.05) is 28.1 Å². The van der Waals surface area contributed by atoms with Crippen LogP contribution in [0, 0.1) is 6.92 Å². The molecule has 0 aliphatic carbocycles. The lowest BCUT2D eigenvalue weighted by Gasteiger charge is -2.33. The Kier molecular flexibility index (Phi) is 6.73. The molecule has 1 N–H and O–H groups in total. The maximum absolute atomic E-state index is 12.9. The molecule has 3 aromatic rings. The number of carbonyl (C=O) groups excluding carboxylic acids is 1. The highest BCUT2D eigenvalue weighted by atomic mass is 79.9. The number of carbonyl (C=O) groups is 1.